The van der Waals surface area contributed by atoms with Crippen LogP contribution in [-0.2, 0) is 31.5 Å². The van der Waals surface area contributed by atoms with Gasteiger partial charge < -0.3 is 14.7 Å². The monoisotopic (exact) mass is 692 g/mol. The molecule has 4 aromatic rings. The molecule has 40 heavy (non-hydrogen) atoms. The predicted molar refractivity (Wildman–Crippen MR) is 153 cm³/mol. The lowest BCUT2D eigenvalue weighted by atomic mass is 10.1. The highest BCUT2D eigenvalue weighted by molar-refractivity contribution is 9.10. The van der Waals surface area contributed by atoms with E-state index in [1.807, 2.05) is 16.3 Å². The van der Waals surface area contributed by atoms with Gasteiger partial charge in [0.05, 0.1) is 28.4 Å². The molecule has 1 heterocycles. The minimum atomic E-state index is -4.57. The highest BCUT2D eigenvalue weighted by Gasteiger charge is 2.29. The first-order chi connectivity index (χ1) is 19.1. The van der Waals surface area contributed by atoms with Gasteiger partial charge in [0.1, 0.15) is 5.75 Å². The summed E-state index contributed by atoms with van der Waals surface area (Å²) in [5.74, 6) is -0.694. The van der Waals surface area contributed by atoms with Crippen LogP contribution in [0.25, 0.3) is 11.3 Å². The van der Waals surface area contributed by atoms with Crippen LogP contribution in [0.3, 0.4) is 0 Å². The second kappa shape index (κ2) is 13.4. The molecule has 0 radical (unpaired) electrons. The van der Waals surface area contributed by atoms with Gasteiger partial charge in [-0.2, -0.15) is 0 Å². The summed E-state index contributed by atoms with van der Waals surface area (Å²) in [6.07, 6.45) is -0.623. The minimum absolute atomic E-state index is 0.294. The number of carboxylic acids is 1. The molecule has 1 aromatic heterocycles. The fourth-order valence-electron chi connectivity index (χ4n) is 3.60. The number of nitrogens with zero attached hydrogens (tertiary/aromatic N) is 2. The normalized spacial score (nSPS) is 11.4. The number of halogens is 5. The van der Waals surface area contributed by atoms with Gasteiger partial charge in [-0.25, -0.2) is 9.78 Å². The SMILES string of the molecule is O=C(O)COc1cccc(-c2csc(N(Cc3ccc(CP(=O)(OF)OF)c(Br)c3)c3ccc(Cl)c(Cl)c3)n2)c1. The average molecular weight is 694 g/mol. The summed E-state index contributed by atoms with van der Waals surface area (Å²) in [6.45, 7) is -0.174. The van der Waals surface area contributed by atoms with Crippen LogP contribution in [0.5, 0.6) is 5.75 Å². The van der Waals surface area contributed by atoms with Crippen molar-refractivity contribution in [2.24, 2.45) is 0 Å². The van der Waals surface area contributed by atoms with Crippen LogP contribution in [0.15, 0.2) is 70.5 Å². The number of ether oxygens (including phenoxy) is 1. The molecule has 0 fully saturated rings. The fourth-order valence-corrected chi connectivity index (χ4v) is 6.34. The molecule has 4 rings (SSSR count). The molecule has 3 aromatic carbocycles. The molecule has 15 heteroatoms. The van der Waals surface area contributed by atoms with Crippen molar-refractivity contribution in [3.8, 4) is 17.0 Å². The molecule has 0 aliphatic carbocycles. The van der Waals surface area contributed by atoms with Crippen molar-refractivity contribution < 1.29 is 37.7 Å². The van der Waals surface area contributed by atoms with Crippen LogP contribution < -0.4 is 9.64 Å². The molecule has 0 spiro atoms. The fraction of sp³-hybridized carbons (Fsp3) is 0.120. The largest absolute Gasteiger partial charge is 0.482 e. The Labute approximate surface area is 249 Å². The zero-order valence-electron chi connectivity index (χ0n) is 20.1. The van der Waals surface area contributed by atoms with E-state index in [1.54, 1.807) is 54.6 Å². The van der Waals surface area contributed by atoms with E-state index in [4.69, 9.17) is 38.0 Å². The molecule has 0 aliphatic heterocycles. The Bertz CT molecular complexity index is 1570. The van der Waals surface area contributed by atoms with Gasteiger partial charge in [-0.15, -0.1) is 20.8 Å². The summed E-state index contributed by atoms with van der Waals surface area (Å²) < 4.78 is 49.1. The van der Waals surface area contributed by atoms with Crippen LogP contribution in [-0.4, -0.2) is 22.7 Å². The van der Waals surface area contributed by atoms with E-state index < -0.39 is 26.3 Å². The van der Waals surface area contributed by atoms with Crippen LogP contribution in [0, 0.1) is 0 Å². The summed E-state index contributed by atoms with van der Waals surface area (Å²) in [4.78, 5) is 17.5. The molecule has 1 N–H and O–H groups in total. The Kier molecular flexibility index (Phi) is 10.2. The van der Waals surface area contributed by atoms with Crippen molar-refractivity contribution in [2.45, 2.75) is 12.7 Å². The molecule has 8 nitrogen and oxygen atoms in total. The van der Waals surface area contributed by atoms with E-state index in [2.05, 4.69) is 25.4 Å². The first-order valence-corrected chi connectivity index (χ1v) is 15.4. The number of aliphatic carboxylic acids is 1. The van der Waals surface area contributed by atoms with Crippen LogP contribution in [0.4, 0.5) is 19.9 Å². The number of carboxylic acid groups (broad SMARTS) is 1. The minimum Gasteiger partial charge on any atom is -0.482 e. The average Bonchev–Trinajstić information content (AvgIpc) is 3.44. The second-order valence-corrected chi connectivity index (χ2v) is 12.6. The summed E-state index contributed by atoms with van der Waals surface area (Å²) in [5, 5.41) is 12.1. The number of carbonyl (C=O) groups is 1. The number of rotatable bonds is 12. The van der Waals surface area contributed by atoms with Crippen molar-refractivity contribution in [3.05, 3.63) is 91.7 Å². The molecular formula is C25H18BrCl2F2N2O6PS. The Morgan fingerprint density at radius 3 is 2.52 bits per heavy atom. The van der Waals surface area contributed by atoms with Gasteiger partial charge in [0, 0.05) is 21.1 Å². The predicted octanol–water partition coefficient (Wildman–Crippen LogP) is 9.18. The van der Waals surface area contributed by atoms with E-state index in [-0.39, 0.29) is 0 Å². The summed E-state index contributed by atoms with van der Waals surface area (Å²) >= 11 is 17.1. The van der Waals surface area contributed by atoms with Crippen molar-refractivity contribution in [3.63, 3.8) is 0 Å². The van der Waals surface area contributed by atoms with Gasteiger partial charge >= 0.3 is 13.6 Å². The van der Waals surface area contributed by atoms with Crippen molar-refractivity contribution in [1.29, 1.82) is 0 Å². The zero-order valence-corrected chi connectivity index (χ0v) is 24.9. The first-order valence-electron chi connectivity index (χ1n) is 11.2. The Balaban J connectivity index is 1.66. The molecule has 0 saturated carbocycles. The molecule has 0 bridgehead atoms. The van der Waals surface area contributed by atoms with Gasteiger partial charge in [0.25, 0.3) is 0 Å². The number of aromatic nitrogens is 1. The number of thiazole rings is 1. The molecular weight excluding hydrogens is 676 g/mol. The lowest BCUT2D eigenvalue weighted by Crippen LogP contribution is -2.16. The molecule has 0 saturated heterocycles. The number of hydrogen-bond acceptors (Lipinski definition) is 8. The molecule has 0 aliphatic rings. The number of anilines is 2. The van der Waals surface area contributed by atoms with E-state index in [9.17, 15) is 18.4 Å². The lowest BCUT2D eigenvalue weighted by molar-refractivity contribution is -0.139. The first kappa shape index (κ1) is 30.4. The van der Waals surface area contributed by atoms with E-state index >= 15 is 0 Å². The summed E-state index contributed by atoms with van der Waals surface area (Å²) in [5.41, 5.74) is 3.12. The number of hydrogen-bond donors (Lipinski definition) is 1. The molecule has 0 atom stereocenters. The maximum atomic E-state index is 12.6. The Morgan fingerprint density at radius 2 is 1.85 bits per heavy atom. The third-order valence-electron chi connectivity index (χ3n) is 5.46. The molecule has 0 amide bonds. The van der Waals surface area contributed by atoms with E-state index in [1.165, 1.54) is 11.3 Å². The third-order valence-corrected chi connectivity index (χ3v) is 8.95. The standard InChI is InChI=1S/C25H18BrCl2F2N2O6PS/c26-20-8-15(4-5-17(20)13-39(35,37-29)38-30)11-32(18-6-7-21(27)22(28)10-18)25-31-23(14-40-25)16-2-1-3-19(9-16)36-12-24(33)34/h1-10,14H,11-13H2,(H,33,34). The van der Waals surface area contributed by atoms with E-state index in [0.29, 0.717) is 48.9 Å². The van der Waals surface area contributed by atoms with Crippen LogP contribution in [0.1, 0.15) is 11.1 Å². The van der Waals surface area contributed by atoms with Crippen molar-refractivity contribution in [1.82, 2.24) is 4.98 Å². The zero-order chi connectivity index (χ0) is 28.9. The van der Waals surface area contributed by atoms with Gasteiger partial charge in [0.15, 0.2) is 11.7 Å². The van der Waals surface area contributed by atoms with Gasteiger partial charge in [-0.05, 0) is 56.6 Å². The smallest absolute Gasteiger partial charge is 0.399 e. The topological polar surface area (TPSA) is 98.2 Å². The Morgan fingerprint density at radius 1 is 1.07 bits per heavy atom. The maximum absolute atomic E-state index is 12.6. The molecule has 0 unspecified atom stereocenters. The molecule has 210 valence electrons. The highest BCUT2D eigenvalue weighted by Crippen LogP contribution is 2.53. The van der Waals surface area contributed by atoms with Gasteiger partial charge in [-0.1, -0.05) is 63.4 Å². The highest BCUT2D eigenvalue weighted by atomic mass is 79.9. The van der Waals surface area contributed by atoms with Crippen molar-refractivity contribution >= 4 is 74.9 Å². The quantitative estimate of drug-likeness (QED) is 0.147. The second-order valence-electron chi connectivity index (χ2n) is 8.24. The number of benzene rings is 3. The van der Waals surface area contributed by atoms with Gasteiger partial charge in [-0.3, -0.25) is 4.57 Å². The van der Waals surface area contributed by atoms with E-state index in [0.717, 1.165) is 11.1 Å². The lowest BCUT2D eigenvalue weighted by Gasteiger charge is -2.23. The van der Waals surface area contributed by atoms with Gasteiger partial charge in [0.2, 0.25) is 0 Å². The third kappa shape index (κ3) is 7.58. The summed E-state index contributed by atoms with van der Waals surface area (Å²) in [7, 11) is -4.57. The van der Waals surface area contributed by atoms with Crippen LogP contribution in [0.2, 0.25) is 10.0 Å². The summed E-state index contributed by atoms with van der Waals surface area (Å²) in [6, 6.07) is 17.0. The Hall–Kier alpha value is -2.57. The van der Waals surface area contributed by atoms with Crippen LogP contribution >= 0.6 is 58.1 Å². The maximum Gasteiger partial charge on any atom is 0.399 e. The van der Waals surface area contributed by atoms with Crippen molar-refractivity contribution in [2.75, 3.05) is 11.5 Å².